The van der Waals surface area contributed by atoms with E-state index in [4.69, 9.17) is 19.5 Å². The predicted molar refractivity (Wildman–Crippen MR) is 91.4 cm³/mol. The second kappa shape index (κ2) is 6.86. The fourth-order valence-electron chi connectivity index (χ4n) is 2.55. The highest BCUT2D eigenvalue weighted by Crippen LogP contribution is 2.35. The van der Waals surface area contributed by atoms with Crippen molar-refractivity contribution < 1.29 is 19.0 Å². The molecule has 0 aromatic heterocycles. The van der Waals surface area contributed by atoms with Crippen molar-refractivity contribution in [1.82, 2.24) is 0 Å². The van der Waals surface area contributed by atoms with Gasteiger partial charge in [0, 0.05) is 0 Å². The molecule has 0 atom stereocenters. The van der Waals surface area contributed by atoms with Crippen molar-refractivity contribution in [2.24, 2.45) is 0 Å². The van der Waals surface area contributed by atoms with Crippen LogP contribution in [0, 0.1) is 11.3 Å². The van der Waals surface area contributed by atoms with Crippen LogP contribution in [-0.2, 0) is 21.6 Å². The molecule has 128 valence electrons. The number of esters is 1. The molecule has 25 heavy (non-hydrogen) atoms. The van der Waals surface area contributed by atoms with Crippen LogP contribution in [0.5, 0.6) is 11.5 Å². The molecular weight excluding hydrogens is 318 g/mol. The molecule has 0 fully saturated rings. The quantitative estimate of drug-likeness (QED) is 0.800. The molecule has 0 bridgehead atoms. The number of ether oxygens (including phenoxy) is 3. The van der Waals surface area contributed by atoms with Crippen LogP contribution in [0.15, 0.2) is 42.5 Å². The Hall–Kier alpha value is -3.00. The van der Waals surface area contributed by atoms with E-state index in [0.717, 1.165) is 11.1 Å². The normalized spacial score (nSPS) is 13.0. The molecule has 0 N–H and O–H groups in total. The molecule has 0 radical (unpaired) electrons. The molecule has 5 heteroatoms. The third-order valence-electron chi connectivity index (χ3n) is 4.23. The Bertz CT molecular complexity index is 819. The van der Waals surface area contributed by atoms with Gasteiger partial charge >= 0.3 is 5.97 Å². The molecule has 0 amide bonds. The Labute approximate surface area is 146 Å². The van der Waals surface area contributed by atoms with E-state index in [0.29, 0.717) is 30.3 Å². The molecule has 0 saturated heterocycles. The van der Waals surface area contributed by atoms with Crippen LogP contribution in [0.3, 0.4) is 0 Å². The standard InChI is InChI=1S/C20H19NO4/c1-20(2,16-7-8-17-18(11-16)24-10-9-23-17)19(22)25-13-15-5-3-14(12-21)4-6-15/h3-8,11H,9-10,13H2,1-2H3. The fourth-order valence-corrected chi connectivity index (χ4v) is 2.55. The first-order valence-corrected chi connectivity index (χ1v) is 8.07. The van der Waals surface area contributed by atoms with E-state index in [2.05, 4.69) is 6.07 Å². The number of rotatable bonds is 4. The summed E-state index contributed by atoms with van der Waals surface area (Å²) in [4.78, 5) is 12.6. The van der Waals surface area contributed by atoms with Gasteiger partial charge in [-0.25, -0.2) is 0 Å². The predicted octanol–water partition coefficient (Wildman–Crippen LogP) is 3.35. The molecule has 2 aromatic carbocycles. The van der Waals surface area contributed by atoms with E-state index < -0.39 is 5.41 Å². The summed E-state index contributed by atoms with van der Waals surface area (Å²) < 4.78 is 16.6. The second-order valence-electron chi connectivity index (χ2n) is 6.37. The minimum atomic E-state index is -0.817. The summed E-state index contributed by atoms with van der Waals surface area (Å²) in [6.45, 7) is 4.83. The lowest BCUT2D eigenvalue weighted by Crippen LogP contribution is -2.31. The summed E-state index contributed by atoms with van der Waals surface area (Å²) >= 11 is 0. The topological polar surface area (TPSA) is 68.6 Å². The van der Waals surface area contributed by atoms with Crippen molar-refractivity contribution in [3.05, 3.63) is 59.2 Å². The molecule has 1 aliphatic heterocycles. The molecule has 1 heterocycles. The summed E-state index contributed by atoms with van der Waals surface area (Å²) in [5.74, 6) is 1.02. The maximum absolute atomic E-state index is 12.6. The smallest absolute Gasteiger partial charge is 0.316 e. The molecule has 0 spiro atoms. The molecule has 3 rings (SSSR count). The number of hydrogen-bond donors (Lipinski definition) is 0. The van der Waals surface area contributed by atoms with Gasteiger partial charge in [0.25, 0.3) is 0 Å². The summed E-state index contributed by atoms with van der Waals surface area (Å²) in [6, 6.07) is 14.5. The summed E-state index contributed by atoms with van der Waals surface area (Å²) in [5.41, 5.74) is 1.40. The zero-order valence-corrected chi connectivity index (χ0v) is 14.2. The van der Waals surface area contributed by atoms with Gasteiger partial charge in [-0.3, -0.25) is 4.79 Å². The van der Waals surface area contributed by atoms with Crippen LogP contribution >= 0.6 is 0 Å². The van der Waals surface area contributed by atoms with Gasteiger partial charge in [0.1, 0.15) is 19.8 Å². The number of hydrogen-bond acceptors (Lipinski definition) is 5. The highest BCUT2D eigenvalue weighted by atomic mass is 16.6. The van der Waals surface area contributed by atoms with Gasteiger partial charge in [0.2, 0.25) is 0 Å². The lowest BCUT2D eigenvalue weighted by atomic mass is 9.84. The Morgan fingerprint density at radius 2 is 1.80 bits per heavy atom. The number of nitrogens with zero attached hydrogens (tertiary/aromatic N) is 1. The minimum Gasteiger partial charge on any atom is -0.486 e. The van der Waals surface area contributed by atoms with Crippen LogP contribution in [0.25, 0.3) is 0 Å². The van der Waals surface area contributed by atoms with Crippen molar-refractivity contribution in [2.75, 3.05) is 13.2 Å². The number of carbonyl (C=O) groups excluding carboxylic acids is 1. The van der Waals surface area contributed by atoms with E-state index in [1.54, 1.807) is 24.3 Å². The van der Waals surface area contributed by atoms with E-state index in [9.17, 15) is 4.79 Å². The lowest BCUT2D eigenvalue weighted by molar-refractivity contribution is -0.150. The number of fused-ring (bicyclic) bond motifs is 1. The molecule has 0 aliphatic carbocycles. The highest BCUT2D eigenvalue weighted by molar-refractivity contribution is 5.82. The largest absolute Gasteiger partial charge is 0.486 e. The van der Waals surface area contributed by atoms with E-state index in [1.165, 1.54) is 0 Å². The Morgan fingerprint density at radius 3 is 2.48 bits per heavy atom. The van der Waals surface area contributed by atoms with Gasteiger partial charge in [-0.15, -0.1) is 0 Å². The van der Waals surface area contributed by atoms with Crippen LogP contribution < -0.4 is 9.47 Å². The summed E-state index contributed by atoms with van der Waals surface area (Å²) in [7, 11) is 0. The molecule has 0 saturated carbocycles. The third-order valence-corrected chi connectivity index (χ3v) is 4.23. The molecule has 0 unspecified atom stereocenters. The van der Waals surface area contributed by atoms with Crippen molar-refractivity contribution in [2.45, 2.75) is 25.9 Å². The molecule has 1 aliphatic rings. The molecule has 2 aromatic rings. The van der Waals surface area contributed by atoms with Crippen molar-refractivity contribution >= 4 is 5.97 Å². The van der Waals surface area contributed by atoms with Crippen LogP contribution in [-0.4, -0.2) is 19.2 Å². The second-order valence-corrected chi connectivity index (χ2v) is 6.37. The zero-order chi connectivity index (χ0) is 17.9. The minimum absolute atomic E-state index is 0.165. The number of carbonyl (C=O) groups is 1. The Morgan fingerprint density at radius 1 is 1.12 bits per heavy atom. The molecular formula is C20H19NO4. The van der Waals surface area contributed by atoms with Gasteiger partial charge in [-0.1, -0.05) is 18.2 Å². The lowest BCUT2D eigenvalue weighted by Gasteiger charge is -2.25. The SMILES string of the molecule is CC(C)(C(=O)OCc1ccc(C#N)cc1)c1ccc2c(c1)OCCO2. The van der Waals surface area contributed by atoms with Gasteiger partial charge < -0.3 is 14.2 Å². The van der Waals surface area contributed by atoms with E-state index in [-0.39, 0.29) is 12.6 Å². The zero-order valence-electron chi connectivity index (χ0n) is 14.2. The highest BCUT2D eigenvalue weighted by Gasteiger charge is 2.32. The first-order valence-electron chi connectivity index (χ1n) is 8.07. The van der Waals surface area contributed by atoms with Gasteiger partial charge in [0.05, 0.1) is 17.0 Å². The third kappa shape index (κ3) is 3.58. The average Bonchev–Trinajstić information content (AvgIpc) is 2.66. The van der Waals surface area contributed by atoms with Gasteiger partial charge in [-0.2, -0.15) is 5.26 Å². The van der Waals surface area contributed by atoms with E-state index >= 15 is 0 Å². The first kappa shape index (κ1) is 16.8. The maximum Gasteiger partial charge on any atom is 0.316 e. The van der Waals surface area contributed by atoms with Crippen molar-refractivity contribution in [3.8, 4) is 17.6 Å². The summed E-state index contributed by atoms with van der Waals surface area (Å²) in [6.07, 6.45) is 0. The summed E-state index contributed by atoms with van der Waals surface area (Å²) in [5, 5.41) is 8.81. The van der Waals surface area contributed by atoms with Crippen molar-refractivity contribution in [3.63, 3.8) is 0 Å². The number of nitriles is 1. The first-order chi connectivity index (χ1) is 12.0. The molecule has 5 nitrogen and oxygen atoms in total. The average molecular weight is 337 g/mol. The van der Waals surface area contributed by atoms with Gasteiger partial charge in [0.15, 0.2) is 11.5 Å². The number of benzene rings is 2. The monoisotopic (exact) mass is 337 g/mol. The Kier molecular flexibility index (Phi) is 4.62. The van der Waals surface area contributed by atoms with Crippen LogP contribution in [0.1, 0.15) is 30.5 Å². The van der Waals surface area contributed by atoms with Crippen molar-refractivity contribution in [1.29, 1.82) is 5.26 Å². The van der Waals surface area contributed by atoms with Crippen LogP contribution in [0.2, 0.25) is 0 Å². The van der Waals surface area contributed by atoms with Gasteiger partial charge in [-0.05, 0) is 49.2 Å². The maximum atomic E-state index is 12.6. The fraction of sp³-hybridized carbons (Fsp3) is 0.300. The Balaban J connectivity index is 1.70. The van der Waals surface area contributed by atoms with E-state index in [1.807, 2.05) is 32.0 Å². The van der Waals surface area contributed by atoms with Crippen LogP contribution in [0.4, 0.5) is 0 Å².